The maximum absolute atomic E-state index is 11.7. The van der Waals surface area contributed by atoms with Gasteiger partial charge in [-0.3, -0.25) is 4.79 Å². The number of aliphatic hydroxyl groups excluding tert-OH is 1. The quantitative estimate of drug-likeness (QED) is 0.845. The van der Waals surface area contributed by atoms with Gasteiger partial charge in [0.1, 0.15) is 11.8 Å². The third-order valence-electron chi connectivity index (χ3n) is 3.55. The van der Waals surface area contributed by atoms with Crippen LogP contribution in [0.3, 0.4) is 0 Å². The summed E-state index contributed by atoms with van der Waals surface area (Å²) in [5.41, 5.74) is 0.409. The van der Waals surface area contributed by atoms with Crippen molar-refractivity contribution in [2.75, 3.05) is 13.2 Å². The highest BCUT2D eigenvalue weighted by Gasteiger charge is 2.25. The molecular weight excluding hydrogens is 256 g/mol. The predicted molar refractivity (Wildman–Crippen MR) is 73.0 cm³/mol. The smallest absolute Gasteiger partial charge is 0.257 e. The Balaban J connectivity index is 1.76. The molecule has 2 N–H and O–H groups in total. The molecule has 1 aromatic rings. The molecule has 0 spiro atoms. The molecule has 2 atom stereocenters. The molecule has 2 rings (SSSR count). The Morgan fingerprint density at radius 1 is 1.45 bits per heavy atom. The van der Waals surface area contributed by atoms with E-state index in [-0.39, 0.29) is 24.5 Å². The van der Waals surface area contributed by atoms with Crippen LogP contribution in [0.25, 0.3) is 0 Å². The van der Waals surface area contributed by atoms with Crippen molar-refractivity contribution in [3.05, 3.63) is 29.8 Å². The van der Waals surface area contributed by atoms with E-state index in [2.05, 4.69) is 5.32 Å². The first-order chi connectivity index (χ1) is 9.70. The van der Waals surface area contributed by atoms with Crippen molar-refractivity contribution in [2.45, 2.75) is 25.4 Å². The van der Waals surface area contributed by atoms with E-state index in [0.717, 1.165) is 19.3 Å². The summed E-state index contributed by atoms with van der Waals surface area (Å²) < 4.78 is 5.33. The van der Waals surface area contributed by atoms with Gasteiger partial charge in [-0.1, -0.05) is 18.6 Å². The van der Waals surface area contributed by atoms with Crippen molar-refractivity contribution in [1.29, 1.82) is 5.26 Å². The van der Waals surface area contributed by atoms with Crippen LogP contribution in [0.5, 0.6) is 5.75 Å². The number of aliphatic hydroxyl groups is 1. The van der Waals surface area contributed by atoms with E-state index in [1.165, 1.54) is 0 Å². The lowest BCUT2D eigenvalue weighted by Gasteiger charge is -2.15. The molecule has 106 valence electrons. The fraction of sp³-hybridized carbons (Fsp3) is 0.467. The van der Waals surface area contributed by atoms with Crippen molar-refractivity contribution >= 4 is 5.91 Å². The average Bonchev–Trinajstić information content (AvgIpc) is 2.88. The van der Waals surface area contributed by atoms with E-state index in [4.69, 9.17) is 10.00 Å². The standard InChI is InChI=1S/C15H18N2O3/c16-8-11-4-1-2-7-14(11)20-10-15(19)17-9-12-5-3-6-13(12)18/h1-2,4,7,12-13,18H,3,5-6,9-10H2,(H,17,19). The van der Waals surface area contributed by atoms with E-state index in [1.807, 2.05) is 6.07 Å². The van der Waals surface area contributed by atoms with Gasteiger partial charge in [0.2, 0.25) is 0 Å². The minimum absolute atomic E-state index is 0.124. The van der Waals surface area contributed by atoms with Crippen LogP contribution in [0.15, 0.2) is 24.3 Å². The van der Waals surface area contributed by atoms with E-state index >= 15 is 0 Å². The van der Waals surface area contributed by atoms with Gasteiger partial charge in [-0.2, -0.15) is 5.26 Å². The van der Waals surface area contributed by atoms with Gasteiger partial charge in [-0.25, -0.2) is 0 Å². The molecule has 0 radical (unpaired) electrons. The van der Waals surface area contributed by atoms with E-state index < -0.39 is 0 Å². The lowest BCUT2D eigenvalue weighted by molar-refractivity contribution is -0.123. The van der Waals surface area contributed by atoms with Crippen molar-refractivity contribution < 1.29 is 14.6 Å². The van der Waals surface area contributed by atoms with Gasteiger partial charge in [-0.05, 0) is 25.0 Å². The van der Waals surface area contributed by atoms with Crippen molar-refractivity contribution in [2.24, 2.45) is 5.92 Å². The zero-order valence-corrected chi connectivity index (χ0v) is 11.2. The summed E-state index contributed by atoms with van der Waals surface area (Å²) in [6.07, 6.45) is 2.45. The van der Waals surface area contributed by atoms with Gasteiger partial charge in [0, 0.05) is 12.5 Å². The van der Waals surface area contributed by atoms with Crippen molar-refractivity contribution in [3.63, 3.8) is 0 Å². The fourth-order valence-corrected chi connectivity index (χ4v) is 2.38. The van der Waals surface area contributed by atoms with E-state index in [0.29, 0.717) is 17.9 Å². The van der Waals surface area contributed by atoms with Crippen LogP contribution < -0.4 is 10.1 Å². The van der Waals surface area contributed by atoms with Gasteiger partial charge in [-0.15, -0.1) is 0 Å². The summed E-state index contributed by atoms with van der Waals surface area (Å²) in [5, 5.41) is 21.3. The molecular formula is C15H18N2O3. The summed E-state index contributed by atoms with van der Waals surface area (Å²) in [7, 11) is 0. The molecule has 1 aliphatic rings. The van der Waals surface area contributed by atoms with Crippen LogP contribution in [0.1, 0.15) is 24.8 Å². The molecule has 0 bridgehead atoms. The summed E-state index contributed by atoms with van der Waals surface area (Å²) >= 11 is 0. The zero-order chi connectivity index (χ0) is 14.4. The average molecular weight is 274 g/mol. The maximum atomic E-state index is 11.7. The van der Waals surface area contributed by atoms with Gasteiger partial charge in [0.15, 0.2) is 6.61 Å². The number of hydrogen-bond donors (Lipinski definition) is 2. The van der Waals surface area contributed by atoms with Crippen molar-refractivity contribution in [1.82, 2.24) is 5.32 Å². The second-order valence-electron chi connectivity index (χ2n) is 4.96. The number of benzene rings is 1. The topological polar surface area (TPSA) is 82.3 Å². The number of rotatable bonds is 5. The van der Waals surface area contributed by atoms with Gasteiger partial charge in [0.25, 0.3) is 5.91 Å². The predicted octanol–water partition coefficient (Wildman–Crippen LogP) is 1.21. The lowest BCUT2D eigenvalue weighted by atomic mass is 10.1. The Kier molecular flexibility index (Phi) is 4.97. The third kappa shape index (κ3) is 3.72. The summed E-state index contributed by atoms with van der Waals surface area (Å²) in [6, 6.07) is 8.81. The third-order valence-corrected chi connectivity index (χ3v) is 3.55. The number of nitriles is 1. The van der Waals surface area contributed by atoms with Crippen LogP contribution in [-0.4, -0.2) is 30.3 Å². The minimum atomic E-state index is -0.310. The fourth-order valence-electron chi connectivity index (χ4n) is 2.38. The van der Waals surface area contributed by atoms with Gasteiger partial charge < -0.3 is 15.2 Å². The Labute approximate surface area is 118 Å². The number of para-hydroxylation sites is 1. The molecule has 2 unspecified atom stereocenters. The van der Waals surface area contributed by atoms with Crippen LogP contribution in [0.2, 0.25) is 0 Å². The summed E-state index contributed by atoms with van der Waals surface area (Å²) in [6.45, 7) is 0.352. The summed E-state index contributed by atoms with van der Waals surface area (Å²) in [4.78, 5) is 11.7. The second-order valence-corrected chi connectivity index (χ2v) is 4.96. The highest BCUT2D eigenvalue weighted by atomic mass is 16.5. The molecule has 1 saturated carbocycles. The molecule has 1 fully saturated rings. The van der Waals surface area contributed by atoms with Crippen molar-refractivity contribution in [3.8, 4) is 11.8 Å². The molecule has 5 nitrogen and oxygen atoms in total. The molecule has 0 saturated heterocycles. The number of nitrogens with zero attached hydrogens (tertiary/aromatic N) is 1. The Morgan fingerprint density at radius 3 is 2.95 bits per heavy atom. The second kappa shape index (κ2) is 6.92. The minimum Gasteiger partial charge on any atom is -0.482 e. The maximum Gasteiger partial charge on any atom is 0.257 e. The number of carbonyl (C=O) groups is 1. The highest BCUT2D eigenvalue weighted by Crippen LogP contribution is 2.24. The Hall–Kier alpha value is -2.06. The van der Waals surface area contributed by atoms with Crippen LogP contribution >= 0.6 is 0 Å². The SMILES string of the molecule is N#Cc1ccccc1OCC(=O)NCC1CCCC1O. The number of carbonyl (C=O) groups excluding carboxylic acids is 1. The number of amides is 1. The molecule has 20 heavy (non-hydrogen) atoms. The monoisotopic (exact) mass is 274 g/mol. The first kappa shape index (κ1) is 14.4. The van der Waals surface area contributed by atoms with Gasteiger partial charge >= 0.3 is 0 Å². The molecule has 1 aliphatic carbocycles. The molecule has 1 aromatic carbocycles. The zero-order valence-electron chi connectivity index (χ0n) is 11.2. The molecule has 5 heteroatoms. The summed E-state index contributed by atoms with van der Waals surface area (Å²) in [5.74, 6) is 0.313. The largest absolute Gasteiger partial charge is 0.482 e. The highest BCUT2D eigenvalue weighted by molar-refractivity contribution is 5.77. The lowest BCUT2D eigenvalue weighted by Crippen LogP contribution is -2.35. The molecule has 0 aromatic heterocycles. The molecule has 1 amide bonds. The molecule has 0 aliphatic heterocycles. The van der Waals surface area contributed by atoms with Gasteiger partial charge in [0.05, 0.1) is 11.7 Å². The van der Waals surface area contributed by atoms with Crippen LogP contribution in [-0.2, 0) is 4.79 Å². The van der Waals surface area contributed by atoms with E-state index in [1.54, 1.807) is 24.3 Å². The Bertz CT molecular complexity index is 510. The number of ether oxygens (including phenoxy) is 1. The Morgan fingerprint density at radius 2 is 2.25 bits per heavy atom. The number of hydrogen-bond acceptors (Lipinski definition) is 4. The normalized spacial score (nSPS) is 21.2. The van der Waals surface area contributed by atoms with Crippen LogP contribution in [0.4, 0.5) is 0 Å². The van der Waals surface area contributed by atoms with Crippen LogP contribution in [0, 0.1) is 17.2 Å². The first-order valence-corrected chi connectivity index (χ1v) is 6.77. The number of nitrogens with one attached hydrogen (secondary N) is 1. The molecule has 0 heterocycles. The first-order valence-electron chi connectivity index (χ1n) is 6.77. The van der Waals surface area contributed by atoms with E-state index in [9.17, 15) is 9.90 Å².